The van der Waals surface area contributed by atoms with Crippen molar-refractivity contribution in [3.63, 3.8) is 0 Å². The van der Waals surface area contributed by atoms with E-state index in [0.29, 0.717) is 23.8 Å². The Kier molecular flexibility index (Phi) is 9.34. The average Bonchev–Trinajstić information content (AvgIpc) is 3.32. The predicted molar refractivity (Wildman–Crippen MR) is 141 cm³/mol. The molecule has 0 radical (unpaired) electrons. The zero-order chi connectivity index (χ0) is 24.5. The van der Waals surface area contributed by atoms with E-state index in [0.717, 1.165) is 80.2 Å². The van der Waals surface area contributed by atoms with Crippen LogP contribution in [0.4, 0.5) is 5.13 Å². The minimum absolute atomic E-state index is 0.0583. The van der Waals surface area contributed by atoms with Crippen LogP contribution in [-0.4, -0.2) is 68.9 Å². The summed E-state index contributed by atoms with van der Waals surface area (Å²) in [6.07, 6.45) is 4.16. The minimum atomic E-state index is -0.0583. The highest BCUT2D eigenvalue weighted by atomic mass is 32.1. The van der Waals surface area contributed by atoms with E-state index < -0.39 is 0 Å². The fourth-order valence-corrected chi connectivity index (χ4v) is 5.13. The van der Waals surface area contributed by atoms with Gasteiger partial charge in [-0.25, -0.2) is 4.98 Å². The van der Waals surface area contributed by atoms with Gasteiger partial charge in [0.2, 0.25) is 0 Å². The lowest BCUT2D eigenvalue weighted by molar-refractivity contribution is 0.0376. The van der Waals surface area contributed by atoms with Crippen molar-refractivity contribution in [2.45, 2.75) is 32.6 Å². The Balaban J connectivity index is 1.53. The third-order valence-corrected chi connectivity index (χ3v) is 7.16. The highest BCUT2D eigenvalue weighted by Crippen LogP contribution is 2.32. The molecule has 0 spiro atoms. The van der Waals surface area contributed by atoms with Crippen molar-refractivity contribution in [1.82, 2.24) is 9.88 Å². The summed E-state index contributed by atoms with van der Waals surface area (Å²) >= 11 is 1.52. The fourth-order valence-electron chi connectivity index (χ4n) is 4.11. The maximum Gasteiger partial charge on any atom is 0.260 e. The first-order valence-electron chi connectivity index (χ1n) is 12.5. The number of hydrogen-bond acceptors (Lipinski definition) is 7. The van der Waals surface area contributed by atoms with Crippen LogP contribution in [0.2, 0.25) is 0 Å². The Hall–Kier alpha value is -2.68. The molecule has 1 aliphatic heterocycles. The van der Waals surface area contributed by atoms with Crippen molar-refractivity contribution in [2.24, 2.45) is 0 Å². The Labute approximate surface area is 211 Å². The number of benzene rings is 2. The summed E-state index contributed by atoms with van der Waals surface area (Å²) in [6, 6.07) is 13.3. The number of methoxy groups -OCH3 is 1. The smallest absolute Gasteiger partial charge is 0.260 e. The van der Waals surface area contributed by atoms with Gasteiger partial charge in [-0.3, -0.25) is 14.6 Å². The van der Waals surface area contributed by atoms with Crippen molar-refractivity contribution in [1.29, 1.82) is 0 Å². The van der Waals surface area contributed by atoms with Gasteiger partial charge in [0.05, 0.1) is 37.1 Å². The molecular weight excluding hydrogens is 462 g/mol. The second kappa shape index (κ2) is 12.9. The van der Waals surface area contributed by atoms with Gasteiger partial charge >= 0.3 is 0 Å². The van der Waals surface area contributed by atoms with Gasteiger partial charge in [0.15, 0.2) is 5.13 Å². The molecule has 1 saturated heterocycles. The molecular formula is C27H35N3O4S. The van der Waals surface area contributed by atoms with Crippen LogP contribution in [0.15, 0.2) is 42.5 Å². The standard InChI is InChI=1S/C27H35N3O4S/c1-3-4-5-16-34-23-9-6-8-21(19-23)26(31)30(13-7-12-29-14-17-33-18-15-29)27-28-24-11-10-22(32-2)20-25(24)35-27/h6,8-11,19-20H,3-5,7,12-18H2,1-2H3. The molecule has 7 nitrogen and oxygen atoms in total. The number of amides is 1. The van der Waals surface area contributed by atoms with E-state index in [9.17, 15) is 4.79 Å². The zero-order valence-electron chi connectivity index (χ0n) is 20.7. The number of hydrogen-bond donors (Lipinski definition) is 0. The van der Waals surface area contributed by atoms with Crippen molar-refractivity contribution >= 4 is 32.6 Å². The quantitative estimate of drug-likeness (QED) is 0.319. The molecule has 3 aromatic rings. The number of rotatable bonds is 12. The maximum absolute atomic E-state index is 13.7. The summed E-state index contributed by atoms with van der Waals surface area (Å²) < 4.78 is 17.7. The summed E-state index contributed by atoms with van der Waals surface area (Å²) in [4.78, 5) is 22.7. The van der Waals surface area contributed by atoms with Crippen LogP contribution in [0, 0.1) is 0 Å². The van der Waals surface area contributed by atoms with E-state index >= 15 is 0 Å². The lowest BCUT2D eigenvalue weighted by Crippen LogP contribution is -2.39. The normalized spacial score (nSPS) is 14.2. The molecule has 0 bridgehead atoms. The van der Waals surface area contributed by atoms with Gasteiger partial charge < -0.3 is 14.2 Å². The van der Waals surface area contributed by atoms with Gasteiger partial charge in [-0.1, -0.05) is 37.2 Å². The molecule has 4 rings (SSSR count). The summed E-state index contributed by atoms with van der Waals surface area (Å²) in [7, 11) is 1.65. The number of nitrogens with zero attached hydrogens (tertiary/aromatic N) is 3. The Morgan fingerprint density at radius 3 is 2.77 bits per heavy atom. The lowest BCUT2D eigenvalue weighted by atomic mass is 10.2. The van der Waals surface area contributed by atoms with Crippen LogP contribution in [-0.2, 0) is 4.74 Å². The number of unbranched alkanes of at least 4 members (excludes halogenated alkanes) is 2. The number of morpholine rings is 1. The van der Waals surface area contributed by atoms with Gasteiger partial charge in [-0.05, 0) is 49.2 Å². The second-order valence-corrected chi connectivity index (χ2v) is 9.69. The van der Waals surface area contributed by atoms with Crippen LogP contribution in [0.25, 0.3) is 10.2 Å². The molecule has 1 aromatic heterocycles. The van der Waals surface area contributed by atoms with E-state index in [-0.39, 0.29) is 5.91 Å². The summed E-state index contributed by atoms with van der Waals surface area (Å²) in [5.41, 5.74) is 1.48. The molecule has 2 aromatic carbocycles. The van der Waals surface area contributed by atoms with Crippen LogP contribution >= 0.6 is 11.3 Å². The largest absolute Gasteiger partial charge is 0.497 e. The SMILES string of the molecule is CCCCCOc1cccc(C(=O)N(CCCN2CCOCC2)c2nc3ccc(OC)cc3s2)c1. The maximum atomic E-state index is 13.7. The molecule has 35 heavy (non-hydrogen) atoms. The highest BCUT2D eigenvalue weighted by Gasteiger charge is 2.22. The Bertz CT molecular complexity index is 1100. The van der Waals surface area contributed by atoms with E-state index in [4.69, 9.17) is 19.2 Å². The summed E-state index contributed by atoms with van der Waals surface area (Å²) in [5, 5.41) is 0.703. The monoisotopic (exact) mass is 497 g/mol. The van der Waals surface area contributed by atoms with Crippen molar-refractivity contribution < 1.29 is 19.0 Å². The van der Waals surface area contributed by atoms with E-state index in [1.54, 1.807) is 7.11 Å². The van der Waals surface area contributed by atoms with E-state index in [2.05, 4.69) is 11.8 Å². The Morgan fingerprint density at radius 2 is 1.97 bits per heavy atom. The molecule has 0 N–H and O–H groups in total. The second-order valence-electron chi connectivity index (χ2n) is 8.68. The molecule has 8 heteroatoms. The number of fused-ring (bicyclic) bond motifs is 1. The van der Waals surface area contributed by atoms with Gasteiger partial charge in [0, 0.05) is 31.7 Å². The van der Waals surface area contributed by atoms with Crippen LogP contribution in [0.3, 0.4) is 0 Å². The fraction of sp³-hybridized carbons (Fsp3) is 0.481. The third kappa shape index (κ3) is 6.93. The first-order chi connectivity index (χ1) is 17.2. The van der Waals surface area contributed by atoms with Crippen molar-refractivity contribution in [3.05, 3.63) is 48.0 Å². The first kappa shape index (κ1) is 25.4. The van der Waals surface area contributed by atoms with Gasteiger partial charge in [-0.2, -0.15) is 0 Å². The zero-order valence-corrected chi connectivity index (χ0v) is 21.5. The Morgan fingerprint density at radius 1 is 1.11 bits per heavy atom. The number of carbonyl (C=O) groups excluding carboxylic acids is 1. The van der Waals surface area contributed by atoms with Crippen molar-refractivity contribution in [3.8, 4) is 11.5 Å². The van der Waals surface area contributed by atoms with Crippen LogP contribution < -0.4 is 14.4 Å². The molecule has 1 amide bonds. The molecule has 0 saturated carbocycles. The number of anilines is 1. The van der Waals surface area contributed by atoms with Crippen LogP contribution in [0.5, 0.6) is 11.5 Å². The highest BCUT2D eigenvalue weighted by molar-refractivity contribution is 7.22. The number of ether oxygens (including phenoxy) is 3. The molecule has 1 aliphatic rings. The summed E-state index contributed by atoms with van der Waals surface area (Å²) in [5.74, 6) is 1.46. The molecule has 188 valence electrons. The molecule has 0 aliphatic carbocycles. The number of thiazole rings is 1. The summed E-state index contributed by atoms with van der Waals surface area (Å²) in [6.45, 7) is 7.76. The number of aromatic nitrogens is 1. The van der Waals surface area contributed by atoms with Crippen LogP contribution in [0.1, 0.15) is 43.0 Å². The van der Waals surface area contributed by atoms with E-state index in [1.807, 2.05) is 47.4 Å². The topological polar surface area (TPSA) is 64.1 Å². The van der Waals surface area contributed by atoms with E-state index in [1.165, 1.54) is 11.3 Å². The van der Waals surface area contributed by atoms with Gasteiger partial charge in [0.25, 0.3) is 5.91 Å². The lowest BCUT2D eigenvalue weighted by Gasteiger charge is -2.27. The average molecular weight is 498 g/mol. The van der Waals surface area contributed by atoms with Gasteiger partial charge in [0.1, 0.15) is 11.5 Å². The molecule has 0 atom stereocenters. The predicted octanol–water partition coefficient (Wildman–Crippen LogP) is 5.24. The van der Waals surface area contributed by atoms with Gasteiger partial charge in [-0.15, -0.1) is 0 Å². The molecule has 2 heterocycles. The number of carbonyl (C=O) groups is 1. The molecule has 1 fully saturated rings. The minimum Gasteiger partial charge on any atom is -0.497 e. The first-order valence-corrected chi connectivity index (χ1v) is 13.3. The third-order valence-electron chi connectivity index (χ3n) is 6.12. The molecule has 0 unspecified atom stereocenters. The van der Waals surface area contributed by atoms with Crippen molar-refractivity contribution in [2.75, 3.05) is 58.0 Å².